The Morgan fingerprint density at radius 3 is 2.15 bits per heavy atom. The first kappa shape index (κ1) is 18.4. The van der Waals surface area contributed by atoms with Gasteiger partial charge in [-0.3, -0.25) is 4.90 Å². The maximum absolute atomic E-state index is 12.2. The molecule has 0 N–H and O–H groups in total. The van der Waals surface area contributed by atoms with Crippen LogP contribution in [0.3, 0.4) is 0 Å². The minimum Gasteiger partial charge on any atom is -0.497 e. The van der Waals surface area contributed by atoms with Gasteiger partial charge in [0, 0.05) is 32.7 Å². The first-order chi connectivity index (χ1) is 12.6. The number of methoxy groups -OCH3 is 1. The molecule has 0 spiro atoms. The molecule has 3 rings (SSSR count). The largest absolute Gasteiger partial charge is 0.497 e. The van der Waals surface area contributed by atoms with E-state index in [9.17, 15) is 4.79 Å². The van der Waals surface area contributed by atoms with Crippen LogP contribution in [0.5, 0.6) is 5.75 Å². The van der Waals surface area contributed by atoms with Crippen LogP contribution in [0.2, 0.25) is 0 Å². The maximum Gasteiger partial charge on any atom is 0.338 e. The van der Waals surface area contributed by atoms with Crippen LogP contribution in [0.25, 0.3) is 0 Å². The number of esters is 1. The fraction of sp³-hybridized carbons (Fsp3) is 0.381. The van der Waals surface area contributed by atoms with Gasteiger partial charge >= 0.3 is 5.97 Å². The molecule has 0 aromatic heterocycles. The van der Waals surface area contributed by atoms with Crippen LogP contribution in [0.15, 0.2) is 48.5 Å². The summed E-state index contributed by atoms with van der Waals surface area (Å²) in [5, 5.41) is 0. The molecule has 1 fully saturated rings. The first-order valence-electron chi connectivity index (χ1n) is 8.94. The van der Waals surface area contributed by atoms with Gasteiger partial charge in [0.05, 0.1) is 12.7 Å². The predicted octanol–water partition coefficient (Wildman–Crippen LogP) is 2.80. The summed E-state index contributed by atoms with van der Waals surface area (Å²) in [6.45, 7) is 5.57. The lowest BCUT2D eigenvalue weighted by atomic mass is 10.1. The van der Waals surface area contributed by atoms with E-state index in [0.717, 1.165) is 44.0 Å². The van der Waals surface area contributed by atoms with Gasteiger partial charge in [-0.1, -0.05) is 24.3 Å². The van der Waals surface area contributed by atoms with Crippen molar-refractivity contribution in [2.24, 2.45) is 0 Å². The van der Waals surface area contributed by atoms with Gasteiger partial charge in [-0.25, -0.2) is 4.79 Å². The number of nitrogens with zero attached hydrogens (tertiary/aromatic N) is 2. The van der Waals surface area contributed by atoms with Gasteiger partial charge in [0.1, 0.15) is 12.4 Å². The number of carbonyl (C=O) groups excluding carboxylic acids is 1. The SMILES string of the molecule is COc1ccc(COC(=O)c2ccc(CN3CCN(C)CC3)cc2)cc1. The topological polar surface area (TPSA) is 42.0 Å². The highest BCUT2D eigenvalue weighted by atomic mass is 16.5. The zero-order chi connectivity index (χ0) is 18.4. The Balaban J connectivity index is 1.49. The van der Waals surface area contributed by atoms with Crippen LogP contribution < -0.4 is 4.74 Å². The molecule has 26 heavy (non-hydrogen) atoms. The van der Waals surface area contributed by atoms with Crippen molar-refractivity contribution >= 4 is 5.97 Å². The second-order valence-corrected chi connectivity index (χ2v) is 6.70. The van der Waals surface area contributed by atoms with Gasteiger partial charge in [0.25, 0.3) is 0 Å². The average molecular weight is 354 g/mol. The minimum atomic E-state index is -0.299. The van der Waals surface area contributed by atoms with E-state index in [2.05, 4.69) is 16.8 Å². The predicted molar refractivity (Wildman–Crippen MR) is 101 cm³/mol. The third kappa shape index (κ3) is 5.07. The smallest absolute Gasteiger partial charge is 0.338 e. The van der Waals surface area contributed by atoms with Crippen molar-refractivity contribution in [3.63, 3.8) is 0 Å². The minimum absolute atomic E-state index is 0.256. The standard InChI is InChI=1S/C21H26N2O3/c1-22-11-13-23(14-12-22)15-17-3-7-19(8-4-17)21(24)26-16-18-5-9-20(25-2)10-6-18/h3-10H,11-16H2,1-2H3. The van der Waals surface area contributed by atoms with Gasteiger partial charge in [-0.2, -0.15) is 0 Å². The number of hydrogen-bond acceptors (Lipinski definition) is 5. The van der Waals surface area contributed by atoms with Crippen LogP contribution in [0.4, 0.5) is 0 Å². The van der Waals surface area contributed by atoms with E-state index in [1.54, 1.807) is 7.11 Å². The van der Waals surface area contributed by atoms with Crippen molar-refractivity contribution < 1.29 is 14.3 Å². The van der Waals surface area contributed by atoms with Crippen LogP contribution in [0, 0.1) is 0 Å². The number of likely N-dealkylation sites (N-methyl/N-ethyl adjacent to an activating group) is 1. The molecule has 5 nitrogen and oxygen atoms in total. The van der Waals surface area contributed by atoms with Crippen LogP contribution in [-0.4, -0.2) is 56.1 Å². The first-order valence-corrected chi connectivity index (χ1v) is 8.94. The van der Waals surface area contributed by atoms with Crippen molar-refractivity contribution in [1.29, 1.82) is 0 Å². The van der Waals surface area contributed by atoms with E-state index in [1.165, 1.54) is 5.56 Å². The third-order valence-electron chi connectivity index (χ3n) is 4.72. The van der Waals surface area contributed by atoms with Crippen LogP contribution in [0.1, 0.15) is 21.5 Å². The molecule has 0 amide bonds. The average Bonchev–Trinajstić information content (AvgIpc) is 2.69. The summed E-state index contributed by atoms with van der Waals surface area (Å²) in [5.74, 6) is 0.489. The zero-order valence-corrected chi connectivity index (χ0v) is 15.5. The molecule has 0 atom stereocenters. The second kappa shape index (κ2) is 8.83. The summed E-state index contributed by atoms with van der Waals surface area (Å²) in [7, 11) is 3.78. The summed E-state index contributed by atoms with van der Waals surface area (Å²) < 4.78 is 10.5. The molecule has 1 aliphatic heterocycles. The number of carbonyl (C=O) groups is 1. The Bertz CT molecular complexity index is 705. The molecule has 2 aromatic carbocycles. The molecule has 2 aromatic rings. The molecule has 5 heteroatoms. The fourth-order valence-corrected chi connectivity index (χ4v) is 2.96. The molecule has 1 aliphatic rings. The highest BCUT2D eigenvalue weighted by Gasteiger charge is 2.14. The van der Waals surface area contributed by atoms with E-state index in [1.807, 2.05) is 48.5 Å². The van der Waals surface area contributed by atoms with Gasteiger partial charge in [-0.05, 0) is 42.4 Å². The highest BCUT2D eigenvalue weighted by Crippen LogP contribution is 2.14. The molecule has 138 valence electrons. The molecular weight excluding hydrogens is 328 g/mol. The molecular formula is C21H26N2O3. The van der Waals surface area contributed by atoms with Crippen LogP contribution in [-0.2, 0) is 17.9 Å². The fourth-order valence-electron chi connectivity index (χ4n) is 2.96. The lowest BCUT2D eigenvalue weighted by Crippen LogP contribution is -2.43. The summed E-state index contributed by atoms with van der Waals surface area (Å²) in [4.78, 5) is 17.0. The summed E-state index contributed by atoms with van der Waals surface area (Å²) in [5.41, 5.74) is 2.74. The second-order valence-electron chi connectivity index (χ2n) is 6.70. The van der Waals surface area contributed by atoms with Crippen LogP contribution >= 0.6 is 0 Å². The lowest BCUT2D eigenvalue weighted by Gasteiger charge is -2.32. The molecule has 0 aliphatic carbocycles. The van der Waals surface area contributed by atoms with Gasteiger partial charge < -0.3 is 14.4 Å². The van der Waals surface area contributed by atoms with E-state index >= 15 is 0 Å². The quantitative estimate of drug-likeness (QED) is 0.746. The zero-order valence-electron chi connectivity index (χ0n) is 15.5. The third-order valence-corrected chi connectivity index (χ3v) is 4.72. The molecule has 0 saturated carbocycles. The van der Waals surface area contributed by atoms with Crippen molar-refractivity contribution in [3.05, 3.63) is 65.2 Å². The normalized spacial score (nSPS) is 15.6. The van der Waals surface area contributed by atoms with Crippen molar-refractivity contribution in [2.45, 2.75) is 13.2 Å². The highest BCUT2D eigenvalue weighted by molar-refractivity contribution is 5.89. The lowest BCUT2D eigenvalue weighted by molar-refractivity contribution is 0.0472. The summed E-state index contributed by atoms with van der Waals surface area (Å²) in [6, 6.07) is 15.2. The Hall–Kier alpha value is -2.37. The number of benzene rings is 2. The Morgan fingerprint density at radius 1 is 0.923 bits per heavy atom. The van der Waals surface area contributed by atoms with E-state index < -0.39 is 0 Å². The molecule has 0 bridgehead atoms. The molecule has 0 unspecified atom stereocenters. The Kier molecular flexibility index (Phi) is 6.26. The van der Waals surface area contributed by atoms with E-state index in [4.69, 9.17) is 9.47 Å². The number of rotatable bonds is 6. The van der Waals surface area contributed by atoms with Crippen molar-refractivity contribution in [1.82, 2.24) is 9.80 Å². The van der Waals surface area contributed by atoms with Gasteiger partial charge in [0.2, 0.25) is 0 Å². The number of ether oxygens (including phenoxy) is 2. The maximum atomic E-state index is 12.2. The number of piperazine rings is 1. The molecule has 1 saturated heterocycles. The van der Waals surface area contributed by atoms with Crippen molar-refractivity contribution in [3.8, 4) is 5.75 Å². The Morgan fingerprint density at radius 2 is 1.54 bits per heavy atom. The summed E-state index contributed by atoms with van der Waals surface area (Å²) in [6.07, 6.45) is 0. The summed E-state index contributed by atoms with van der Waals surface area (Å²) >= 11 is 0. The number of hydrogen-bond donors (Lipinski definition) is 0. The van der Waals surface area contributed by atoms with E-state index in [-0.39, 0.29) is 12.6 Å². The van der Waals surface area contributed by atoms with Gasteiger partial charge in [0.15, 0.2) is 0 Å². The monoisotopic (exact) mass is 354 g/mol. The van der Waals surface area contributed by atoms with Gasteiger partial charge in [-0.15, -0.1) is 0 Å². The molecule has 1 heterocycles. The van der Waals surface area contributed by atoms with E-state index in [0.29, 0.717) is 5.56 Å². The molecule has 0 radical (unpaired) electrons. The Labute approximate surface area is 155 Å². The van der Waals surface area contributed by atoms with Crippen molar-refractivity contribution in [2.75, 3.05) is 40.3 Å².